The fourth-order valence-corrected chi connectivity index (χ4v) is 2.41. The average Bonchev–Trinajstić information content (AvgIpc) is 2.66. The number of nitrogens with one attached hydrogen (secondary N) is 1. The molecule has 0 spiro atoms. The lowest BCUT2D eigenvalue weighted by molar-refractivity contribution is 0.321. The zero-order valence-electron chi connectivity index (χ0n) is 11.4. The van der Waals surface area contributed by atoms with E-state index in [1.54, 1.807) is 0 Å². The first-order chi connectivity index (χ1) is 8.13. The van der Waals surface area contributed by atoms with Crippen molar-refractivity contribution in [3.8, 4) is 0 Å². The van der Waals surface area contributed by atoms with Gasteiger partial charge in [-0.3, -0.25) is 4.90 Å². The van der Waals surface area contributed by atoms with Crippen molar-refractivity contribution in [3.63, 3.8) is 0 Å². The highest BCUT2D eigenvalue weighted by Gasteiger charge is 2.09. The molecule has 0 saturated carbocycles. The average molecular weight is 256 g/mol. The minimum Gasteiger partial charge on any atom is -0.313 e. The Morgan fingerprint density at radius 3 is 2.82 bits per heavy atom. The normalized spacial score (nSPS) is 11.6. The Labute approximate surface area is 109 Å². The molecule has 0 unspecified atom stereocenters. The molecule has 0 aliphatic heterocycles. The Hall–Kier alpha value is -0.520. The highest BCUT2D eigenvalue weighted by Crippen LogP contribution is 2.14. The molecule has 0 bridgehead atoms. The third-order valence-electron chi connectivity index (χ3n) is 2.58. The highest BCUT2D eigenvalue weighted by atomic mass is 32.1. The van der Waals surface area contributed by atoms with Gasteiger partial charge in [0.05, 0.1) is 10.6 Å². The zero-order valence-corrected chi connectivity index (χ0v) is 12.2. The van der Waals surface area contributed by atoms with E-state index in [4.69, 9.17) is 0 Å². The molecule has 0 fully saturated rings. The number of rotatable bonds is 8. The summed E-state index contributed by atoms with van der Waals surface area (Å²) in [5.74, 6) is 0. The molecule has 17 heavy (non-hydrogen) atoms. The van der Waals surface area contributed by atoms with Crippen LogP contribution in [0.25, 0.3) is 0 Å². The van der Waals surface area contributed by atoms with Crippen LogP contribution in [0.5, 0.6) is 0 Å². The first kappa shape index (κ1) is 14.5. The van der Waals surface area contributed by atoms with E-state index in [0.29, 0.717) is 6.04 Å². The van der Waals surface area contributed by atoms with Crippen molar-refractivity contribution in [1.82, 2.24) is 19.8 Å². The number of aromatic nitrogens is 2. The lowest BCUT2D eigenvalue weighted by Gasteiger charge is -2.17. The lowest BCUT2D eigenvalue weighted by Crippen LogP contribution is -2.32. The summed E-state index contributed by atoms with van der Waals surface area (Å²) in [6, 6.07) is 0.559. The molecule has 0 radical (unpaired) electrons. The monoisotopic (exact) mass is 256 g/mol. The molecular weight excluding hydrogens is 232 g/mol. The summed E-state index contributed by atoms with van der Waals surface area (Å²) in [6.45, 7) is 9.58. The summed E-state index contributed by atoms with van der Waals surface area (Å²) in [5, 5.41) is 7.62. The number of aryl methyl sites for hydroxylation is 1. The molecule has 5 heteroatoms. The Morgan fingerprint density at radius 2 is 2.18 bits per heavy atom. The van der Waals surface area contributed by atoms with Crippen molar-refractivity contribution in [3.05, 3.63) is 10.6 Å². The van der Waals surface area contributed by atoms with Gasteiger partial charge < -0.3 is 5.32 Å². The van der Waals surface area contributed by atoms with Gasteiger partial charge in [-0.2, -0.15) is 0 Å². The molecule has 1 N–H and O–H groups in total. The second-order valence-corrected chi connectivity index (χ2v) is 5.58. The van der Waals surface area contributed by atoms with E-state index >= 15 is 0 Å². The maximum absolute atomic E-state index is 4.19. The molecule has 98 valence electrons. The van der Waals surface area contributed by atoms with E-state index in [0.717, 1.165) is 32.5 Å². The Kier molecular flexibility index (Phi) is 6.62. The molecule has 0 aromatic carbocycles. The molecule has 1 aromatic heterocycles. The second-order valence-electron chi connectivity index (χ2n) is 4.74. The fraction of sp³-hybridized carbons (Fsp3) is 0.833. The Morgan fingerprint density at radius 1 is 1.41 bits per heavy atom. The smallest absolute Gasteiger partial charge is 0.0800 e. The molecule has 0 saturated heterocycles. The van der Waals surface area contributed by atoms with Crippen molar-refractivity contribution < 1.29 is 0 Å². The molecule has 0 amide bonds. The zero-order chi connectivity index (χ0) is 12.7. The van der Waals surface area contributed by atoms with Crippen LogP contribution in [-0.2, 0) is 13.0 Å². The van der Waals surface area contributed by atoms with E-state index in [2.05, 4.69) is 47.6 Å². The largest absolute Gasteiger partial charge is 0.313 e. The van der Waals surface area contributed by atoms with Crippen molar-refractivity contribution in [1.29, 1.82) is 0 Å². The highest BCUT2D eigenvalue weighted by molar-refractivity contribution is 7.05. The van der Waals surface area contributed by atoms with Gasteiger partial charge in [-0.05, 0) is 25.0 Å². The van der Waals surface area contributed by atoms with Gasteiger partial charge in [-0.25, -0.2) is 0 Å². The van der Waals surface area contributed by atoms with Crippen LogP contribution in [0.3, 0.4) is 0 Å². The van der Waals surface area contributed by atoms with E-state index in [1.807, 2.05) is 0 Å². The van der Waals surface area contributed by atoms with Gasteiger partial charge in [0.2, 0.25) is 0 Å². The predicted octanol–water partition coefficient (Wildman–Crippen LogP) is 1.92. The van der Waals surface area contributed by atoms with Crippen LogP contribution >= 0.6 is 11.5 Å². The van der Waals surface area contributed by atoms with Crippen LogP contribution in [0.1, 0.15) is 37.8 Å². The Balaban J connectivity index is 2.34. The first-order valence-electron chi connectivity index (χ1n) is 6.35. The summed E-state index contributed by atoms with van der Waals surface area (Å²) in [6.07, 6.45) is 2.18. The van der Waals surface area contributed by atoms with Crippen LogP contribution in [-0.4, -0.2) is 40.7 Å². The molecular formula is C12H24N4S. The predicted molar refractivity (Wildman–Crippen MR) is 73.4 cm³/mol. The van der Waals surface area contributed by atoms with Gasteiger partial charge >= 0.3 is 0 Å². The van der Waals surface area contributed by atoms with Gasteiger partial charge in [0.1, 0.15) is 0 Å². The minimum atomic E-state index is 0.559. The van der Waals surface area contributed by atoms with Gasteiger partial charge in [0, 0.05) is 25.7 Å². The minimum absolute atomic E-state index is 0.559. The first-order valence-corrected chi connectivity index (χ1v) is 7.12. The second kappa shape index (κ2) is 7.74. The van der Waals surface area contributed by atoms with Gasteiger partial charge in [-0.15, -0.1) is 5.10 Å². The van der Waals surface area contributed by atoms with Crippen LogP contribution in [0.15, 0.2) is 0 Å². The topological polar surface area (TPSA) is 41.1 Å². The lowest BCUT2D eigenvalue weighted by atomic mass is 10.2. The third-order valence-corrected chi connectivity index (χ3v) is 3.33. The Bertz CT molecular complexity index is 311. The fourth-order valence-electron chi connectivity index (χ4n) is 1.64. The molecule has 0 aliphatic rings. The molecule has 1 aromatic rings. The number of likely N-dealkylation sites (N-methyl/N-ethyl adjacent to an activating group) is 1. The number of hydrogen-bond acceptors (Lipinski definition) is 5. The number of nitrogens with zero attached hydrogens (tertiary/aromatic N) is 3. The summed E-state index contributed by atoms with van der Waals surface area (Å²) in [4.78, 5) is 3.64. The maximum Gasteiger partial charge on any atom is 0.0800 e. The SMILES string of the molecule is CCCc1nnsc1CN(C)CCNC(C)C. The van der Waals surface area contributed by atoms with Gasteiger partial charge in [0.15, 0.2) is 0 Å². The summed E-state index contributed by atoms with van der Waals surface area (Å²) >= 11 is 1.53. The summed E-state index contributed by atoms with van der Waals surface area (Å²) in [7, 11) is 2.15. The van der Waals surface area contributed by atoms with Crippen molar-refractivity contribution in [2.75, 3.05) is 20.1 Å². The molecule has 1 heterocycles. The molecule has 0 atom stereocenters. The van der Waals surface area contributed by atoms with Gasteiger partial charge in [0.25, 0.3) is 0 Å². The van der Waals surface area contributed by atoms with Crippen LogP contribution in [0.2, 0.25) is 0 Å². The number of hydrogen-bond donors (Lipinski definition) is 1. The maximum atomic E-state index is 4.19. The van der Waals surface area contributed by atoms with E-state index < -0.39 is 0 Å². The summed E-state index contributed by atoms with van der Waals surface area (Å²) in [5.41, 5.74) is 1.18. The molecule has 1 rings (SSSR count). The third kappa shape index (κ3) is 5.57. The van der Waals surface area contributed by atoms with Crippen molar-refractivity contribution in [2.24, 2.45) is 0 Å². The van der Waals surface area contributed by atoms with E-state index in [-0.39, 0.29) is 0 Å². The van der Waals surface area contributed by atoms with Crippen molar-refractivity contribution >= 4 is 11.5 Å². The van der Waals surface area contributed by atoms with E-state index in [9.17, 15) is 0 Å². The van der Waals surface area contributed by atoms with Crippen LogP contribution in [0.4, 0.5) is 0 Å². The van der Waals surface area contributed by atoms with E-state index in [1.165, 1.54) is 22.1 Å². The van der Waals surface area contributed by atoms with Crippen LogP contribution < -0.4 is 5.32 Å². The quantitative estimate of drug-likeness (QED) is 0.771. The molecule has 0 aliphatic carbocycles. The molecule has 4 nitrogen and oxygen atoms in total. The van der Waals surface area contributed by atoms with Gasteiger partial charge in [-0.1, -0.05) is 31.7 Å². The summed E-state index contributed by atoms with van der Waals surface area (Å²) < 4.78 is 4.05. The van der Waals surface area contributed by atoms with Crippen molar-refractivity contribution in [2.45, 2.75) is 46.2 Å². The van der Waals surface area contributed by atoms with Crippen LogP contribution in [0, 0.1) is 0 Å². The standard InChI is InChI=1S/C12H24N4S/c1-5-6-11-12(17-15-14-11)9-16(4)8-7-13-10(2)3/h10,13H,5-9H2,1-4H3.